The molecule has 0 bridgehead atoms. The van der Waals surface area contributed by atoms with Crippen molar-refractivity contribution in [2.24, 2.45) is 5.73 Å². The molecule has 0 spiro atoms. The minimum Gasteiger partial charge on any atom is -0.480 e. The van der Waals surface area contributed by atoms with E-state index in [1.807, 2.05) is 0 Å². The molecular weight excluding hydrogens is 526 g/mol. The predicted molar refractivity (Wildman–Crippen MR) is 125 cm³/mol. The Balaban J connectivity index is 2.24. The van der Waals surface area contributed by atoms with Crippen molar-refractivity contribution in [3.8, 4) is 0 Å². The fourth-order valence-corrected chi connectivity index (χ4v) is 6.31. The number of ether oxygens (including phenoxy) is 3. The molecule has 17 heteroatoms. The first-order valence-electron chi connectivity index (χ1n) is 10.9. The summed E-state index contributed by atoms with van der Waals surface area (Å²) < 4.78 is 17.2. The van der Waals surface area contributed by atoms with Gasteiger partial charge in [-0.05, 0) is 0 Å². The summed E-state index contributed by atoms with van der Waals surface area (Å²) in [5.74, 6) is -2.33. The fourth-order valence-electron chi connectivity index (χ4n) is 3.70. The van der Waals surface area contributed by atoms with Gasteiger partial charge in [0.25, 0.3) is 0 Å². The highest BCUT2D eigenvalue weighted by Gasteiger charge is 2.51. The Hall–Kier alpha value is -1.25. The van der Waals surface area contributed by atoms with Crippen LogP contribution in [-0.2, 0) is 28.6 Å². The topological polar surface area (TPSA) is 250 Å². The molecule has 2 saturated heterocycles. The number of hydrogen-bond donors (Lipinski definition) is 9. The van der Waals surface area contributed by atoms with Gasteiger partial charge in [0.1, 0.15) is 54.1 Å². The number of amides is 2. The zero-order valence-electron chi connectivity index (χ0n) is 19.5. The van der Waals surface area contributed by atoms with Gasteiger partial charge < -0.3 is 61.2 Å². The molecule has 10 N–H and O–H groups in total. The average Bonchev–Trinajstić information content (AvgIpc) is 2.81. The molecule has 208 valence electrons. The normalized spacial score (nSPS) is 37.7. The Morgan fingerprint density at radius 1 is 0.944 bits per heavy atom. The van der Waals surface area contributed by atoms with Crippen LogP contribution in [0.4, 0.5) is 0 Å². The quantitative estimate of drug-likeness (QED) is 0.109. The molecule has 2 rings (SSSR count). The van der Waals surface area contributed by atoms with Gasteiger partial charge in [-0.1, -0.05) is 21.6 Å². The number of aliphatic hydroxyl groups is 5. The Kier molecular flexibility index (Phi) is 12.1. The van der Waals surface area contributed by atoms with E-state index in [-0.39, 0.29) is 5.75 Å². The molecule has 36 heavy (non-hydrogen) atoms. The molecule has 2 amide bonds. The minimum absolute atomic E-state index is 0.0104. The second-order valence-electron chi connectivity index (χ2n) is 8.30. The summed E-state index contributed by atoms with van der Waals surface area (Å²) >= 11 is 0. The molecular formula is C19H33N3O12S2. The highest BCUT2D eigenvalue weighted by molar-refractivity contribution is 8.76. The Bertz CT molecular complexity index is 767. The number of rotatable bonds is 11. The van der Waals surface area contributed by atoms with Gasteiger partial charge in [0, 0.05) is 19.6 Å². The zero-order valence-corrected chi connectivity index (χ0v) is 21.1. The van der Waals surface area contributed by atoms with Gasteiger partial charge >= 0.3 is 5.97 Å². The second-order valence-corrected chi connectivity index (χ2v) is 10.8. The first kappa shape index (κ1) is 31.0. The monoisotopic (exact) mass is 559 g/mol. The van der Waals surface area contributed by atoms with Gasteiger partial charge in [-0.15, -0.1) is 0 Å². The number of carboxylic acids is 1. The van der Waals surface area contributed by atoms with E-state index in [1.54, 1.807) is 0 Å². The molecule has 7 unspecified atom stereocenters. The number of hydrogen-bond acceptors (Lipinski definition) is 14. The largest absolute Gasteiger partial charge is 0.480 e. The SMILES string of the molecule is CC(=O)NC1C(O)[C@H](O)C(CO)O[C@H]1O[C@@H]1C(CO)O[C@@H](SSCC(N)C(=O)O)C(NC(C)=O)C1O. The number of carboxylic acid groups (broad SMARTS) is 1. The highest BCUT2D eigenvalue weighted by atomic mass is 33.1. The lowest BCUT2D eigenvalue weighted by Gasteiger charge is -2.48. The molecule has 2 fully saturated rings. The fraction of sp³-hybridized carbons (Fsp3) is 0.842. The summed E-state index contributed by atoms with van der Waals surface area (Å²) in [5.41, 5.74) is 4.54. The molecule has 15 nitrogen and oxygen atoms in total. The third-order valence-corrected chi connectivity index (χ3v) is 8.10. The van der Waals surface area contributed by atoms with Gasteiger partial charge in [0.05, 0.1) is 19.3 Å². The van der Waals surface area contributed by atoms with Crippen LogP contribution in [0.25, 0.3) is 0 Å². The maximum absolute atomic E-state index is 11.8. The number of aliphatic hydroxyl groups excluding tert-OH is 5. The lowest BCUT2D eigenvalue weighted by atomic mass is 9.95. The van der Waals surface area contributed by atoms with Crippen molar-refractivity contribution in [1.82, 2.24) is 10.6 Å². The number of carbonyl (C=O) groups is 3. The van der Waals surface area contributed by atoms with E-state index in [1.165, 1.54) is 6.92 Å². The van der Waals surface area contributed by atoms with E-state index in [2.05, 4.69) is 10.6 Å². The van der Waals surface area contributed by atoms with Crippen LogP contribution in [0.3, 0.4) is 0 Å². The van der Waals surface area contributed by atoms with Crippen LogP contribution in [0.15, 0.2) is 0 Å². The lowest BCUT2D eigenvalue weighted by Crippen LogP contribution is -2.68. The predicted octanol–water partition coefficient (Wildman–Crippen LogP) is -4.31. The van der Waals surface area contributed by atoms with Crippen LogP contribution in [0.5, 0.6) is 0 Å². The summed E-state index contributed by atoms with van der Waals surface area (Å²) in [6.45, 7) is 1.01. The van der Waals surface area contributed by atoms with Gasteiger partial charge in [0.2, 0.25) is 11.8 Å². The Morgan fingerprint density at radius 3 is 2.06 bits per heavy atom. The van der Waals surface area contributed by atoms with Gasteiger partial charge in [-0.25, -0.2) is 0 Å². The van der Waals surface area contributed by atoms with Crippen LogP contribution in [-0.4, -0.2) is 134 Å². The summed E-state index contributed by atoms with van der Waals surface area (Å²) in [5, 5.41) is 65.1. The lowest BCUT2D eigenvalue weighted by molar-refractivity contribution is -0.310. The van der Waals surface area contributed by atoms with E-state index >= 15 is 0 Å². The third-order valence-electron chi connectivity index (χ3n) is 5.49. The molecule has 0 radical (unpaired) electrons. The molecule has 11 atom stereocenters. The molecule has 0 aromatic carbocycles. The number of nitrogens with one attached hydrogen (secondary N) is 2. The summed E-state index contributed by atoms with van der Waals surface area (Å²) in [6, 6.07) is -3.57. The summed E-state index contributed by atoms with van der Waals surface area (Å²) in [6.07, 6.45) is -10.0. The first-order valence-corrected chi connectivity index (χ1v) is 13.3. The number of aliphatic carboxylic acids is 1. The maximum atomic E-state index is 11.8. The van der Waals surface area contributed by atoms with E-state index in [0.717, 1.165) is 28.5 Å². The van der Waals surface area contributed by atoms with Crippen molar-refractivity contribution in [3.05, 3.63) is 0 Å². The standard InChI is InChI=1S/C19H33N3O12S2/c1-6(25)21-11-14(28)13(27)9(3-23)32-18(11)34-16-10(4-24)33-19(12(15(16)29)22-7(2)26)36-35-5-8(20)17(30)31/h8-16,18-19,23-24,27-29H,3-5,20H2,1-2H3,(H,21,25)(H,22,26)(H,30,31)/t8?,9?,10?,11?,12?,13-,14?,15?,16-,18+,19+/m1/s1. The van der Waals surface area contributed by atoms with Crippen LogP contribution < -0.4 is 16.4 Å². The minimum atomic E-state index is -1.61. The summed E-state index contributed by atoms with van der Waals surface area (Å²) in [4.78, 5) is 34.4. The van der Waals surface area contributed by atoms with Gasteiger partial charge in [-0.3, -0.25) is 14.4 Å². The maximum Gasteiger partial charge on any atom is 0.321 e. The van der Waals surface area contributed by atoms with E-state index in [4.69, 9.17) is 25.1 Å². The van der Waals surface area contributed by atoms with Crippen LogP contribution in [0.2, 0.25) is 0 Å². The number of nitrogens with two attached hydrogens (primary N) is 1. The van der Waals surface area contributed by atoms with Crippen molar-refractivity contribution < 1.29 is 59.2 Å². The second kappa shape index (κ2) is 14.1. The van der Waals surface area contributed by atoms with Gasteiger partial charge in [-0.2, -0.15) is 0 Å². The van der Waals surface area contributed by atoms with E-state index in [0.29, 0.717) is 0 Å². The molecule has 2 aliphatic heterocycles. The van der Waals surface area contributed by atoms with Crippen molar-refractivity contribution >= 4 is 39.4 Å². The molecule has 2 aliphatic rings. The zero-order chi connectivity index (χ0) is 27.2. The average molecular weight is 560 g/mol. The molecule has 2 heterocycles. The Morgan fingerprint density at radius 2 is 1.53 bits per heavy atom. The van der Waals surface area contributed by atoms with E-state index in [9.17, 15) is 39.9 Å². The third kappa shape index (κ3) is 7.87. The van der Waals surface area contributed by atoms with Crippen LogP contribution in [0.1, 0.15) is 13.8 Å². The smallest absolute Gasteiger partial charge is 0.321 e. The van der Waals surface area contributed by atoms with Crippen molar-refractivity contribution in [3.63, 3.8) is 0 Å². The van der Waals surface area contributed by atoms with Crippen LogP contribution >= 0.6 is 21.6 Å². The van der Waals surface area contributed by atoms with Crippen molar-refractivity contribution in [1.29, 1.82) is 0 Å². The van der Waals surface area contributed by atoms with Crippen LogP contribution in [0, 0.1) is 0 Å². The van der Waals surface area contributed by atoms with Crippen molar-refractivity contribution in [2.75, 3.05) is 19.0 Å². The highest BCUT2D eigenvalue weighted by Crippen LogP contribution is 2.37. The number of carbonyl (C=O) groups excluding carboxylic acids is 2. The van der Waals surface area contributed by atoms with Crippen molar-refractivity contribution in [2.45, 2.75) is 80.3 Å². The molecule has 0 aromatic heterocycles. The first-order chi connectivity index (χ1) is 16.9. The molecule has 0 aliphatic carbocycles. The molecule has 0 saturated carbocycles. The van der Waals surface area contributed by atoms with E-state index < -0.39 is 97.5 Å². The van der Waals surface area contributed by atoms with Gasteiger partial charge in [0.15, 0.2) is 6.29 Å². The molecule has 0 aromatic rings. The summed E-state index contributed by atoms with van der Waals surface area (Å²) in [7, 11) is 2.02. The Labute approximate surface area is 214 Å².